The fourth-order valence-electron chi connectivity index (χ4n) is 2.12. The van der Waals surface area contributed by atoms with E-state index in [2.05, 4.69) is 13.5 Å². The molecule has 0 aliphatic carbocycles. The highest BCUT2D eigenvalue weighted by Gasteiger charge is 2.37. The van der Waals surface area contributed by atoms with Crippen LogP contribution in [0.25, 0.3) is 0 Å². The Morgan fingerprint density at radius 3 is 2.94 bits per heavy atom. The van der Waals surface area contributed by atoms with Gasteiger partial charge in [-0.2, -0.15) is 0 Å². The molecule has 1 rings (SSSR count). The molecule has 92 valence electrons. The zero-order valence-electron chi connectivity index (χ0n) is 10.0. The third-order valence-electron chi connectivity index (χ3n) is 3.13. The predicted molar refractivity (Wildman–Crippen MR) is 62.9 cm³/mol. The molecule has 0 aromatic carbocycles. The Morgan fingerprint density at radius 2 is 2.31 bits per heavy atom. The summed E-state index contributed by atoms with van der Waals surface area (Å²) in [5.41, 5.74) is 0. The lowest BCUT2D eigenvalue weighted by Gasteiger charge is -2.20. The largest absolute Gasteiger partial charge is 0.459 e. The maximum atomic E-state index is 11.1. The first-order chi connectivity index (χ1) is 7.69. The normalized spacial score (nSPS) is 26.5. The molecule has 1 aliphatic heterocycles. The molecule has 0 amide bonds. The van der Waals surface area contributed by atoms with Crippen LogP contribution in [0.3, 0.4) is 0 Å². The van der Waals surface area contributed by atoms with E-state index in [1.54, 1.807) is 6.08 Å². The minimum atomic E-state index is -0.536. The zero-order chi connectivity index (χ0) is 12.0. The molecule has 3 atom stereocenters. The number of carbonyl (C=O) groups is 1. The van der Waals surface area contributed by atoms with E-state index in [9.17, 15) is 9.90 Å². The molecular formula is C13H22O3. The number of aliphatic hydroxyl groups excluding tert-OH is 1. The number of esters is 1. The predicted octanol–water partition coefficient (Wildman–Crippen LogP) is 2.44. The van der Waals surface area contributed by atoms with Crippen molar-refractivity contribution in [1.82, 2.24) is 0 Å². The van der Waals surface area contributed by atoms with E-state index in [-0.39, 0.29) is 18.0 Å². The average molecular weight is 226 g/mol. The second kappa shape index (κ2) is 6.69. The number of ether oxygens (including phenoxy) is 1. The highest BCUT2D eigenvalue weighted by Crippen LogP contribution is 2.27. The Morgan fingerprint density at radius 1 is 1.56 bits per heavy atom. The van der Waals surface area contributed by atoms with Gasteiger partial charge in [0.2, 0.25) is 0 Å². The van der Waals surface area contributed by atoms with Gasteiger partial charge in [0.15, 0.2) is 0 Å². The van der Waals surface area contributed by atoms with Crippen molar-refractivity contribution in [2.45, 2.75) is 57.7 Å². The second-order valence-electron chi connectivity index (χ2n) is 4.47. The summed E-state index contributed by atoms with van der Waals surface area (Å²) >= 11 is 0. The third kappa shape index (κ3) is 3.63. The van der Waals surface area contributed by atoms with Crippen LogP contribution in [0, 0.1) is 5.92 Å². The fourth-order valence-corrected chi connectivity index (χ4v) is 2.12. The minimum Gasteiger partial charge on any atom is -0.459 e. The summed E-state index contributed by atoms with van der Waals surface area (Å²) in [6.07, 6.45) is 6.39. The molecule has 0 saturated carbocycles. The second-order valence-corrected chi connectivity index (χ2v) is 4.47. The number of carbonyl (C=O) groups excluding carboxylic acids is 1. The van der Waals surface area contributed by atoms with Gasteiger partial charge in [0.1, 0.15) is 6.10 Å². The molecule has 1 N–H and O–H groups in total. The van der Waals surface area contributed by atoms with E-state index >= 15 is 0 Å². The first-order valence-electron chi connectivity index (χ1n) is 6.19. The molecule has 0 spiro atoms. The van der Waals surface area contributed by atoms with Crippen LogP contribution in [0.15, 0.2) is 12.7 Å². The van der Waals surface area contributed by atoms with Gasteiger partial charge in [0, 0.05) is 5.92 Å². The Hall–Kier alpha value is -0.830. The molecule has 1 aliphatic rings. The summed E-state index contributed by atoms with van der Waals surface area (Å²) in [6, 6.07) is 0. The maximum absolute atomic E-state index is 11.1. The molecule has 0 bridgehead atoms. The lowest BCUT2D eigenvalue weighted by molar-refractivity contribution is -0.145. The van der Waals surface area contributed by atoms with Crippen molar-refractivity contribution < 1.29 is 14.6 Å². The number of hydrogen-bond acceptors (Lipinski definition) is 3. The minimum absolute atomic E-state index is 0.0197. The Kier molecular flexibility index (Phi) is 5.53. The number of hydrogen-bond donors (Lipinski definition) is 1. The summed E-state index contributed by atoms with van der Waals surface area (Å²) < 4.78 is 5.12. The molecule has 3 heteroatoms. The lowest BCUT2D eigenvalue weighted by atomic mass is 9.94. The van der Waals surface area contributed by atoms with Gasteiger partial charge in [-0.25, -0.2) is 0 Å². The zero-order valence-corrected chi connectivity index (χ0v) is 10.0. The molecule has 3 nitrogen and oxygen atoms in total. The monoisotopic (exact) mass is 226 g/mol. The van der Waals surface area contributed by atoms with E-state index in [0.29, 0.717) is 12.8 Å². The molecular weight excluding hydrogens is 204 g/mol. The van der Waals surface area contributed by atoms with Crippen LogP contribution >= 0.6 is 0 Å². The van der Waals surface area contributed by atoms with Crippen molar-refractivity contribution >= 4 is 5.97 Å². The van der Waals surface area contributed by atoms with Gasteiger partial charge in [0.25, 0.3) is 0 Å². The number of rotatable bonds is 7. The molecule has 1 saturated heterocycles. The summed E-state index contributed by atoms with van der Waals surface area (Å²) in [5.74, 6) is -0.240. The molecule has 1 fully saturated rings. The van der Waals surface area contributed by atoms with E-state index in [1.807, 2.05) is 0 Å². The van der Waals surface area contributed by atoms with Crippen molar-refractivity contribution in [2.75, 3.05) is 0 Å². The number of aliphatic hydroxyl groups is 1. The SMILES string of the molecule is C=C[C@H]1CC(=O)O[C@H]1[C@H](O)CCCCCC. The van der Waals surface area contributed by atoms with E-state index in [0.717, 1.165) is 12.8 Å². The van der Waals surface area contributed by atoms with Crippen LogP contribution in [0.1, 0.15) is 45.4 Å². The van der Waals surface area contributed by atoms with Gasteiger partial charge in [0.05, 0.1) is 12.5 Å². The summed E-state index contributed by atoms with van der Waals surface area (Å²) in [5, 5.41) is 9.94. The first kappa shape index (κ1) is 13.2. The Labute approximate surface area is 97.5 Å². The van der Waals surface area contributed by atoms with Crippen molar-refractivity contribution in [3.63, 3.8) is 0 Å². The molecule has 16 heavy (non-hydrogen) atoms. The highest BCUT2D eigenvalue weighted by molar-refractivity contribution is 5.72. The van der Waals surface area contributed by atoms with Crippen molar-refractivity contribution in [1.29, 1.82) is 0 Å². The van der Waals surface area contributed by atoms with Crippen LogP contribution < -0.4 is 0 Å². The average Bonchev–Trinajstić information content (AvgIpc) is 2.65. The van der Waals surface area contributed by atoms with E-state index in [4.69, 9.17) is 4.74 Å². The van der Waals surface area contributed by atoms with Crippen molar-refractivity contribution in [3.05, 3.63) is 12.7 Å². The van der Waals surface area contributed by atoms with Gasteiger partial charge in [-0.1, -0.05) is 38.7 Å². The fraction of sp³-hybridized carbons (Fsp3) is 0.769. The maximum Gasteiger partial charge on any atom is 0.306 e. The van der Waals surface area contributed by atoms with Crippen LogP contribution in [0.2, 0.25) is 0 Å². The van der Waals surface area contributed by atoms with Gasteiger partial charge >= 0.3 is 5.97 Å². The first-order valence-corrected chi connectivity index (χ1v) is 6.19. The van der Waals surface area contributed by atoms with Crippen LogP contribution in [-0.4, -0.2) is 23.3 Å². The molecule has 0 radical (unpaired) electrons. The molecule has 0 aromatic heterocycles. The van der Waals surface area contributed by atoms with Crippen LogP contribution in [0.4, 0.5) is 0 Å². The summed E-state index contributed by atoms with van der Waals surface area (Å²) in [7, 11) is 0. The Bertz CT molecular complexity index is 237. The van der Waals surface area contributed by atoms with Gasteiger partial charge in [-0.15, -0.1) is 6.58 Å². The lowest BCUT2D eigenvalue weighted by Crippen LogP contribution is -2.30. The number of unbranched alkanes of at least 4 members (excludes halogenated alkanes) is 3. The molecule has 0 aromatic rings. The topological polar surface area (TPSA) is 46.5 Å². The molecule has 1 heterocycles. The standard InChI is InChI=1S/C13H22O3/c1-3-5-6-7-8-11(14)13-10(4-2)9-12(15)16-13/h4,10-11,13-14H,2-3,5-9H2,1H3/t10-,11+,13+/m0/s1. The summed E-state index contributed by atoms with van der Waals surface area (Å²) in [4.78, 5) is 11.1. The van der Waals surface area contributed by atoms with Crippen molar-refractivity contribution in [3.8, 4) is 0 Å². The number of cyclic esters (lactones) is 1. The van der Waals surface area contributed by atoms with Gasteiger partial charge in [-0.3, -0.25) is 4.79 Å². The van der Waals surface area contributed by atoms with Gasteiger partial charge < -0.3 is 9.84 Å². The van der Waals surface area contributed by atoms with E-state index in [1.165, 1.54) is 12.8 Å². The summed E-state index contributed by atoms with van der Waals surface area (Å²) in [6.45, 7) is 5.83. The van der Waals surface area contributed by atoms with Crippen LogP contribution in [-0.2, 0) is 9.53 Å². The van der Waals surface area contributed by atoms with Crippen LogP contribution in [0.5, 0.6) is 0 Å². The highest BCUT2D eigenvalue weighted by atomic mass is 16.6. The Balaban J connectivity index is 2.31. The third-order valence-corrected chi connectivity index (χ3v) is 3.13. The smallest absolute Gasteiger partial charge is 0.306 e. The van der Waals surface area contributed by atoms with Crippen molar-refractivity contribution in [2.24, 2.45) is 5.92 Å². The van der Waals surface area contributed by atoms with Gasteiger partial charge in [-0.05, 0) is 6.42 Å². The quantitative estimate of drug-likeness (QED) is 0.412. The molecule has 0 unspecified atom stereocenters. The van der Waals surface area contributed by atoms with E-state index < -0.39 is 6.10 Å².